The van der Waals surface area contributed by atoms with E-state index in [-0.39, 0.29) is 11.2 Å². The minimum atomic E-state index is -5.03. The first-order valence-electron chi connectivity index (χ1n) is 8.44. The number of para-hydroxylation sites is 2. The van der Waals surface area contributed by atoms with Gasteiger partial charge in [0, 0.05) is 0 Å². The molecule has 0 saturated heterocycles. The van der Waals surface area contributed by atoms with Crippen LogP contribution < -0.4 is 0 Å². The molecule has 13 heteroatoms. The second kappa shape index (κ2) is 7.80. The van der Waals surface area contributed by atoms with E-state index in [9.17, 15) is 26.3 Å². The van der Waals surface area contributed by atoms with Gasteiger partial charge >= 0.3 is 19.1 Å². The van der Waals surface area contributed by atoms with E-state index >= 15 is 0 Å². The van der Waals surface area contributed by atoms with E-state index in [2.05, 4.69) is 4.98 Å². The molecule has 0 amide bonds. The Morgan fingerprint density at radius 1 is 0.933 bits per heavy atom. The van der Waals surface area contributed by atoms with Gasteiger partial charge in [0.15, 0.2) is 5.16 Å². The number of nitrogens with zero attached hydrogens (tertiary/aromatic N) is 2. The summed E-state index contributed by atoms with van der Waals surface area (Å²) in [5, 5.41) is 27.5. The molecule has 0 spiro atoms. The standard InChI is InChI=1S/C17H14BF6N2O3S/c19-16(20,21)11-6-5-10(12(7-11)17(22,23)24)8-26-14-4-2-1-3-13(14)25-15(26)30-9-18(27,28)29/h1-7,27-29H,8-9H2/q-1. The number of rotatable bonds is 5. The van der Waals surface area contributed by atoms with Gasteiger partial charge in [0.2, 0.25) is 0 Å². The molecule has 0 fully saturated rings. The van der Waals surface area contributed by atoms with E-state index in [1.807, 2.05) is 0 Å². The molecule has 5 nitrogen and oxygen atoms in total. The number of aromatic nitrogens is 2. The van der Waals surface area contributed by atoms with Crippen LogP contribution in [-0.4, -0.2) is 37.0 Å². The third-order valence-electron chi connectivity index (χ3n) is 4.13. The number of halogens is 6. The van der Waals surface area contributed by atoms with Crippen molar-refractivity contribution in [1.29, 1.82) is 0 Å². The minimum absolute atomic E-state index is 0.0601. The zero-order chi connectivity index (χ0) is 22.3. The molecule has 1 aromatic heterocycles. The molecule has 3 rings (SSSR count). The predicted molar refractivity (Wildman–Crippen MR) is 98.4 cm³/mol. The summed E-state index contributed by atoms with van der Waals surface area (Å²) in [4.78, 5) is 4.20. The number of hydrogen-bond acceptors (Lipinski definition) is 5. The van der Waals surface area contributed by atoms with Crippen molar-refractivity contribution in [3.63, 3.8) is 0 Å². The summed E-state index contributed by atoms with van der Waals surface area (Å²) in [5.74, 6) is 0. The maximum Gasteiger partial charge on any atom is 0.416 e. The lowest BCUT2D eigenvalue weighted by Crippen LogP contribution is -2.38. The molecule has 0 unspecified atom stereocenters. The van der Waals surface area contributed by atoms with Crippen molar-refractivity contribution in [2.45, 2.75) is 24.1 Å². The minimum Gasteiger partial charge on any atom is -0.559 e. The Balaban J connectivity index is 2.09. The lowest BCUT2D eigenvalue weighted by molar-refractivity contribution is -0.143. The Kier molecular flexibility index (Phi) is 5.84. The van der Waals surface area contributed by atoms with Gasteiger partial charge < -0.3 is 19.6 Å². The summed E-state index contributed by atoms with van der Waals surface area (Å²) in [6, 6.07) is 7.75. The molecule has 1 heterocycles. The Bertz CT molecular complexity index is 1060. The SMILES string of the molecule is O[B-](O)(O)CSc1nc2ccccc2n1Cc1ccc(C(F)(F)F)cc1C(F)(F)F. The highest BCUT2D eigenvalue weighted by atomic mass is 32.2. The largest absolute Gasteiger partial charge is 0.559 e. The van der Waals surface area contributed by atoms with E-state index in [4.69, 9.17) is 15.1 Å². The van der Waals surface area contributed by atoms with Crippen LogP contribution in [0.2, 0.25) is 0 Å². The van der Waals surface area contributed by atoms with Gasteiger partial charge in [-0.3, -0.25) is 0 Å². The molecular formula is C17H14BF6N2O3S-. The molecule has 0 bridgehead atoms. The topological polar surface area (TPSA) is 78.5 Å². The Labute approximate surface area is 170 Å². The van der Waals surface area contributed by atoms with E-state index in [1.165, 1.54) is 4.57 Å². The first-order chi connectivity index (χ1) is 13.8. The van der Waals surface area contributed by atoms with Gasteiger partial charge in [-0.25, -0.2) is 4.98 Å². The second-order valence-electron chi connectivity index (χ2n) is 6.54. The summed E-state index contributed by atoms with van der Waals surface area (Å²) in [5.41, 5.74) is -3.10. The highest BCUT2D eigenvalue weighted by Gasteiger charge is 2.38. The molecule has 0 aliphatic heterocycles. The monoisotopic (exact) mass is 451 g/mol. The zero-order valence-electron chi connectivity index (χ0n) is 14.9. The molecule has 3 aromatic rings. The molecular weight excluding hydrogens is 437 g/mol. The van der Waals surface area contributed by atoms with Crippen molar-refractivity contribution in [2.75, 3.05) is 5.65 Å². The number of fused-ring (bicyclic) bond motifs is 1. The number of hydrogen-bond donors (Lipinski definition) is 3. The van der Waals surface area contributed by atoms with Crippen LogP contribution in [0.5, 0.6) is 0 Å². The third-order valence-corrected chi connectivity index (χ3v) is 5.31. The smallest absolute Gasteiger partial charge is 0.416 e. The van der Waals surface area contributed by atoms with Crippen LogP contribution in [0.15, 0.2) is 47.6 Å². The maximum atomic E-state index is 13.5. The first-order valence-corrected chi connectivity index (χ1v) is 9.42. The van der Waals surface area contributed by atoms with E-state index < -0.39 is 48.0 Å². The molecule has 2 aromatic carbocycles. The fraction of sp³-hybridized carbons (Fsp3) is 0.235. The van der Waals surface area contributed by atoms with Crippen LogP contribution in [-0.2, 0) is 18.9 Å². The molecule has 0 atom stereocenters. The van der Waals surface area contributed by atoms with Gasteiger partial charge in [-0.1, -0.05) is 18.2 Å². The van der Waals surface area contributed by atoms with E-state index in [1.54, 1.807) is 24.3 Å². The van der Waals surface area contributed by atoms with Crippen molar-refractivity contribution in [1.82, 2.24) is 9.55 Å². The molecule has 30 heavy (non-hydrogen) atoms. The van der Waals surface area contributed by atoms with Crippen LogP contribution in [0, 0.1) is 0 Å². The lowest BCUT2D eigenvalue weighted by atomic mass is 9.85. The Morgan fingerprint density at radius 3 is 2.20 bits per heavy atom. The average molecular weight is 451 g/mol. The van der Waals surface area contributed by atoms with Crippen LogP contribution in [0.1, 0.15) is 16.7 Å². The summed E-state index contributed by atoms with van der Waals surface area (Å²) in [6.07, 6.45) is -9.96. The Morgan fingerprint density at radius 2 is 1.60 bits per heavy atom. The second-order valence-corrected chi connectivity index (χ2v) is 7.53. The van der Waals surface area contributed by atoms with Crippen molar-refractivity contribution < 1.29 is 41.4 Å². The van der Waals surface area contributed by atoms with Gasteiger partial charge in [-0.2, -0.15) is 26.3 Å². The summed E-state index contributed by atoms with van der Waals surface area (Å²) in [7, 11) is 0. The molecule has 3 N–H and O–H groups in total. The highest BCUT2D eigenvalue weighted by molar-refractivity contribution is 8.00. The van der Waals surface area contributed by atoms with E-state index in [0.29, 0.717) is 28.9 Å². The fourth-order valence-electron chi connectivity index (χ4n) is 2.83. The predicted octanol–water partition coefficient (Wildman–Crippen LogP) is 3.67. The zero-order valence-corrected chi connectivity index (χ0v) is 15.8. The van der Waals surface area contributed by atoms with Crippen LogP contribution in [0.4, 0.5) is 26.3 Å². The summed E-state index contributed by atoms with van der Waals surface area (Å²) in [6.45, 7) is -4.16. The third kappa shape index (κ3) is 5.09. The summed E-state index contributed by atoms with van der Waals surface area (Å²) < 4.78 is 80.4. The lowest BCUT2D eigenvalue weighted by Gasteiger charge is -2.20. The highest BCUT2D eigenvalue weighted by Crippen LogP contribution is 2.38. The van der Waals surface area contributed by atoms with Gasteiger partial charge in [0.25, 0.3) is 0 Å². The van der Waals surface area contributed by atoms with Crippen LogP contribution in [0.3, 0.4) is 0 Å². The van der Waals surface area contributed by atoms with Gasteiger partial charge in [-0.05, 0) is 35.5 Å². The molecule has 0 radical (unpaired) electrons. The molecule has 0 aliphatic rings. The molecule has 0 aliphatic carbocycles. The van der Waals surface area contributed by atoms with Crippen molar-refractivity contribution >= 4 is 29.5 Å². The summed E-state index contributed by atoms with van der Waals surface area (Å²) >= 11 is 0.688. The molecule has 0 saturated carbocycles. The Hall–Kier alpha value is -2.22. The van der Waals surface area contributed by atoms with Gasteiger partial charge in [-0.15, -0.1) is 11.8 Å². The van der Waals surface area contributed by atoms with Crippen molar-refractivity contribution in [3.8, 4) is 0 Å². The van der Waals surface area contributed by atoms with Gasteiger partial charge in [0.05, 0.1) is 28.7 Å². The van der Waals surface area contributed by atoms with Crippen molar-refractivity contribution in [2.24, 2.45) is 0 Å². The normalized spacial score (nSPS) is 13.2. The first kappa shape index (κ1) is 22.5. The fourth-order valence-corrected chi connectivity index (χ4v) is 3.68. The van der Waals surface area contributed by atoms with Crippen LogP contribution in [0.25, 0.3) is 11.0 Å². The number of thioether (sulfide) groups is 1. The average Bonchev–Trinajstić information content (AvgIpc) is 2.96. The van der Waals surface area contributed by atoms with E-state index in [0.717, 1.165) is 6.07 Å². The quantitative estimate of drug-likeness (QED) is 0.314. The molecule has 162 valence electrons. The van der Waals surface area contributed by atoms with Crippen molar-refractivity contribution in [3.05, 3.63) is 59.2 Å². The van der Waals surface area contributed by atoms with Gasteiger partial charge in [0.1, 0.15) is 0 Å². The maximum absolute atomic E-state index is 13.5. The number of alkyl halides is 6. The number of imidazole rings is 1. The van der Waals surface area contributed by atoms with Crippen LogP contribution >= 0.6 is 11.8 Å². The number of benzene rings is 2.